The monoisotopic (exact) mass is 340 g/mol. The van der Waals surface area contributed by atoms with Crippen LogP contribution in [-0.4, -0.2) is 18.0 Å². The topological polar surface area (TPSA) is 46.4 Å². The molecule has 20 heavy (non-hydrogen) atoms. The molecule has 110 valence electrons. The quantitative estimate of drug-likeness (QED) is 0.462. The number of benzene rings is 1. The van der Waals surface area contributed by atoms with Crippen LogP contribution < -0.4 is 4.90 Å². The second-order valence-electron chi connectivity index (χ2n) is 6.21. The Hall–Kier alpha value is -1.10. The molecule has 1 aromatic rings. The Morgan fingerprint density at radius 2 is 2.10 bits per heavy atom. The Morgan fingerprint density at radius 3 is 2.75 bits per heavy atom. The van der Waals surface area contributed by atoms with Gasteiger partial charge in [-0.3, -0.25) is 10.1 Å². The van der Waals surface area contributed by atoms with Crippen LogP contribution >= 0.6 is 15.9 Å². The number of hydrogen-bond acceptors (Lipinski definition) is 3. The van der Waals surface area contributed by atoms with Crippen molar-refractivity contribution in [2.75, 3.05) is 18.0 Å². The van der Waals surface area contributed by atoms with Crippen molar-refractivity contribution >= 4 is 27.3 Å². The number of anilines is 1. The van der Waals surface area contributed by atoms with Gasteiger partial charge in [-0.15, -0.1) is 0 Å². The van der Waals surface area contributed by atoms with Gasteiger partial charge in [0.05, 0.1) is 4.92 Å². The lowest BCUT2D eigenvalue weighted by Gasteiger charge is -2.26. The lowest BCUT2D eigenvalue weighted by molar-refractivity contribution is -0.384. The molecule has 0 spiro atoms. The molecule has 1 aliphatic heterocycles. The summed E-state index contributed by atoms with van der Waals surface area (Å²) in [5.41, 5.74) is 2.69. The van der Waals surface area contributed by atoms with E-state index in [0.29, 0.717) is 10.7 Å². The third kappa shape index (κ3) is 3.51. The van der Waals surface area contributed by atoms with Gasteiger partial charge in [-0.1, -0.05) is 29.8 Å². The zero-order valence-corrected chi connectivity index (χ0v) is 13.6. The highest BCUT2D eigenvalue weighted by Crippen LogP contribution is 2.34. The molecule has 1 aromatic carbocycles. The fourth-order valence-electron chi connectivity index (χ4n) is 2.76. The molecule has 0 radical (unpaired) electrons. The van der Waals surface area contributed by atoms with Gasteiger partial charge in [0.25, 0.3) is 5.69 Å². The van der Waals surface area contributed by atoms with E-state index in [0.717, 1.165) is 30.8 Å². The number of alkyl halides is 1. The number of hydrogen-bond donors (Lipinski definition) is 0. The minimum Gasteiger partial charge on any atom is -0.371 e. The fourth-order valence-corrected chi connectivity index (χ4v) is 3.21. The van der Waals surface area contributed by atoms with Crippen LogP contribution in [0.3, 0.4) is 0 Å². The van der Waals surface area contributed by atoms with Crippen molar-refractivity contribution in [3.63, 3.8) is 0 Å². The number of non-ortho nitro benzene ring substituents is 1. The first-order valence-electron chi connectivity index (χ1n) is 7.01. The van der Waals surface area contributed by atoms with Crippen LogP contribution in [0, 0.1) is 15.5 Å². The number of nitro groups is 1. The van der Waals surface area contributed by atoms with Crippen molar-refractivity contribution in [1.29, 1.82) is 0 Å². The summed E-state index contributed by atoms with van der Waals surface area (Å²) in [5.74, 6) is 0. The van der Waals surface area contributed by atoms with Crippen LogP contribution in [0.4, 0.5) is 11.4 Å². The molecule has 1 heterocycles. The van der Waals surface area contributed by atoms with Crippen molar-refractivity contribution in [3.05, 3.63) is 33.9 Å². The average Bonchev–Trinajstić information content (AvgIpc) is 2.59. The molecule has 0 amide bonds. The smallest absolute Gasteiger partial charge is 0.269 e. The van der Waals surface area contributed by atoms with E-state index < -0.39 is 0 Å². The van der Waals surface area contributed by atoms with E-state index in [1.807, 2.05) is 6.07 Å². The molecule has 0 aromatic heterocycles. The Labute approximate surface area is 128 Å². The molecule has 1 fully saturated rings. The van der Waals surface area contributed by atoms with Gasteiger partial charge in [0, 0.05) is 36.2 Å². The second-order valence-corrected chi connectivity index (χ2v) is 6.77. The summed E-state index contributed by atoms with van der Waals surface area (Å²) < 4.78 is 0. The SMILES string of the molecule is CC1(C)CCCN(c2ccc([N+](=O)[O-])cc2CBr)CC1. The van der Waals surface area contributed by atoms with Crippen molar-refractivity contribution in [3.8, 4) is 0 Å². The van der Waals surface area contributed by atoms with E-state index in [4.69, 9.17) is 0 Å². The van der Waals surface area contributed by atoms with Gasteiger partial charge in [0.15, 0.2) is 0 Å². The molecule has 0 saturated carbocycles. The summed E-state index contributed by atoms with van der Waals surface area (Å²) in [7, 11) is 0. The predicted octanol–water partition coefficient (Wildman–Crippen LogP) is 4.51. The highest BCUT2D eigenvalue weighted by atomic mass is 79.9. The van der Waals surface area contributed by atoms with Gasteiger partial charge in [0.2, 0.25) is 0 Å². The number of rotatable bonds is 3. The first kappa shape index (κ1) is 15.3. The molecule has 4 nitrogen and oxygen atoms in total. The van der Waals surface area contributed by atoms with Crippen molar-refractivity contribution in [2.24, 2.45) is 5.41 Å². The van der Waals surface area contributed by atoms with E-state index in [-0.39, 0.29) is 10.6 Å². The largest absolute Gasteiger partial charge is 0.371 e. The van der Waals surface area contributed by atoms with E-state index >= 15 is 0 Å². The maximum Gasteiger partial charge on any atom is 0.269 e. The molecule has 5 heteroatoms. The molecule has 0 N–H and O–H groups in total. The zero-order chi connectivity index (χ0) is 14.8. The Balaban J connectivity index is 2.25. The fraction of sp³-hybridized carbons (Fsp3) is 0.600. The number of halogens is 1. The molecule has 1 saturated heterocycles. The molecular weight excluding hydrogens is 320 g/mol. The maximum atomic E-state index is 10.9. The summed E-state index contributed by atoms with van der Waals surface area (Å²) >= 11 is 3.45. The van der Waals surface area contributed by atoms with E-state index in [1.165, 1.54) is 12.8 Å². The van der Waals surface area contributed by atoms with Gasteiger partial charge >= 0.3 is 0 Å². The minimum absolute atomic E-state index is 0.165. The minimum atomic E-state index is -0.332. The van der Waals surface area contributed by atoms with E-state index in [2.05, 4.69) is 34.7 Å². The third-order valence-electron chi connectivity index (χ3n) is 4.10. The van der Waals surface area contributed by atoms with Crippen molar-refractivity contribution < 1.29 is 4.92 Å². The molecule has 0 aliphatic carbocycles. The van der Waals surface area contributed by atoms with Crippen molar-refractivity contribution in [1.82, 2.24) is 0 Å². The lowest BCUT2D eigenvalue weighted by atomic mass is 9.85. The molecule has 0 atom stereocenters. The van der Waals surface area contributed by atoms with E-state index in [9.17, 15) is 10.1 Å². The molecule has 0 bridgehead atoms. The lowest BCUT2D eigenvalue weighted by Crippen LogP contribution is -2.26. The first-order valence-corrected chi connectivity index (χ1v) is 8.13. The van der Waals surface area contributed by atoms with Crippen LogP contribution in [-0.2, 0) is 5.33 Å². The summed E-state index contributed by atoms with van der Waals surface area (Å²) in [6.45, 7) is 6.68. The summed E-state index contributed by atoms with van der Waals surface area (Å²) in [5, 5.41) is 11.5. The first-order chi connectivity index (χ1) is 9.43. The van der Waals surface area contributed by atoms with Gasteiger partial charge in [-0.25, -0.2) is 0 Å². The summed E-state index contributed by atoms with van der Waals surface area (Å²) in [6.07, 6.45) is 3.57. The highest BCUT2D eigenvalue weighted by molar-refractivity contribution is 9.08. The Bertz CT molecular complexity index is 503. The van der Waals surface area contributed by atoms with Crippen LogP contribution in [0.25, 0.3) is 0 Å². The molecule has 2 rings (SSSR count). The molecule has 0 unspecified atom stereocenters. The van der Waals surface area contributed by atoms with Crippen LogP contribution in [0.1, 0.15) is 38.7 Å². The Morgan fingerprint density at radius 1 is 1.35 bits per heavy atom. The van der Waals surface area contributed by atoms with Crippen LogP contribution in [0.5, 0.6) is 0 Å². The predicted molar refractivity (Wildman–Crippen MR) is 85.6 cm³/mol. The number of nitro benzene ring substituents is 1. The normalized spacial score (nSPS) is 18.6. The van der Waals surface area contributed by atoms with Crippen LogP contribution in [0.15, 0.2) is 18.2 Å². The second kappa shape index (κ2) is 6.12. The van der Waals surface area contributed by atoms with Crippen molar-refractivity contribution in [2.45, 2.75) is 38.4 Å². The van der Waals surface area contributed by atoms with Gasteiger partial charge in [-0.05, 0) is 36.3 Å². The van der Waals surface area contributed by atoms with Gasteiger partial charge in [-0.2, -0.15) is 0 Å². The zero-order valence-electron chi connectivity index (χ0n) is 12.1. The van der Waals surface area contributed by atoms with Gasteiger partial charge in [0.1, 0.15) is 0 Å². The Kier molecular flexibility index (Phi) is 4.68. The third-order valence-corrected chi connectivity index (χ3v) is 4.70. The average molecular weight is 341 g/mol. The molecule has 1 aliphatic rings. The summed E-state index contributed by atoms with van der Waals surface area (Å²) in [4.78, 5) is 12.9. The number of nitrogens with zero attached hydrogens (tertiary/aromatic N) is 2. The van der Waals surface area contributed by atoms with E-state index in [1.54, 1.807) is 12.1 Å². The standard InChI is InChI=1S/C15H21BrN2O2/c1-15(2)6-3-8-17(9-7-15)14-5-4-13(18(19)20)10-12(14)11-16/h4-5,10H,3,6-9,11H2,1-2H3. The molecular formula is C15H21BrN2O2. The maximum absolute atomic E-state index is 10.9. The van der Waals surface area contributed by atoms with Gasteiger partial charge < -0.3 is 4.90 Å². The summed E-state index contributed by atoms with van der Waals surface area (Å²) in [6, 6.07) is 5.19. The van der Waals surface area contributed by atoms with Crippen LogP contribution in [0.2, 0.25) is 0 Å². The highest BCUT2D eigenvalue weighted by Gasteiger charge is 2.24.